The lowest BCUT2D eigenvalue weighted by atomic mass is 9.85. The molecule has 0 aliphatic heterocycles. The van der Waals surface area contributed by atoms with Crippen LogP contribution in [0.15, 0.2) is 48.5 Å². The standard InChI is InChI=1S/C21H25F2N3O3/c1-4-26(5-2)14(3)19(27)24-25-20(28)21(29,15-6-10-17(22)11-7-15)16-8-12-18(23)13-9-16/h6-14,29H,4-5H2,1-3H3,(H,24,27)(H,25,28). The van der Waals surface area contributed by atoms with Gasteiger partial charge in [0.15, 0.2) is 5.60 Å². The molecule has 0 heterocycles. The Labute approximate surface area is 168 Å². The van der Waals surface area contributed by atoms with Gasteiger partial charge in [-0.15, -0.1) is 0 Å². The van der Waals surface area contributed by atoms with Gasteiger partial charge in [0.1, 0.15) is 11.6 Å². The fourth-order valence-electron chi connectivity index (χ4n) is 3.06. The van der Waals surface area contributed by atoms with Crippen LogP contribution in [-0.4, -0.2) is 41.0 Å². The van der Waals surface area contributed by atoms with Gasteiger partial charge in [-0.3, -0.25) is 25.3 Å². The zero-order valence-electron chi connectivity index (χ0n) is 16.6. The Morgan fingerprint density at radius 3 is 1.72 bits per heavy atom. The van der Waals surface area contributed by atoms with E-state index in [1.807, 2.05) is 18.7 Å². The van der Waals surface area contributed by atoms with Gasteiger partial charge < -0.3 is 5.11 Å². The number of nitrogens with zero attached hydrogens (tertiary/aromatic N) is 1. The smallest absolute Gasteiger partial charge is 0.279 e. The van der Waals surface area contributed by atoms with E-state index in [1.54, 1.807) is 6.92 Å². The first-order valence-corrected chi connectivity index (χ1v) is 9.32. The van der Waals surface area contributed by atoms with Gasteiger partial charge in [-0.25, -0.2) is 8.78 Å². The fraction of sp³-hybridized carbons (Fsp3) is 0.333. The number of hydrazine groups is 1. The number of carbonyl (C=O) groups is 2. The minimum absolute atomic E-state index is 0.0639. The van der Waals surface area contributed by atoms with Crippen molar-refractivity contribution in [3.05, 3.63) is 71.3 Å². The third-order valence-corrected chi connectivity index (χ3v) is 4.89. The van der Waals surface area contributed by atoms with Crippen LogP contribution in [-0.2, 0) is 15.2 Å². The molecular weight excluding hydrogens is 380 g/mol. The van der Waals surface area contributed by atoms with Crippen LogP contribution in [0, 0.1) is 11.6 Å². The third-order valence-electron chi connectivity index (χ3n) is 4.89. The predicted molar refractivity (Wildman–Crippen MR) is 104 cm³/mol. The Morgan fingerprint density at radius 1 is 0.931 bits per heavy atom. The molecule has 1 atom stereocenters. The molecule has 0 saturated carbocycles. The zero-order chi connectivity index (χ0) is 21.6. The van der Waals surface area contributed by atoms with Crippen molar-refractivity contribution in [1.29, 1.82) is 0 Å². The molecule has 2 rings (SSSR count). The molecule has 0 radical (unpaired) electrons. The van der Waals surface area contributed by atoms with Gasteiger partial charge in [0.25, 0.3) is 11.8 Å². The van der Waals surface area contributed by atoms with Gasteiger partial charge >= 0.3 is 0 Å². The Bertz CT molecular complexity index is 792. The largest absolute Gasteiger partial charge is 0.372 e. The topological polar surface area (TPSA) is 81.7 Å². The molecule has 156 valence electrons. The molecule has 2 aromatic carbocycles. The molecule has 0 aromatic heterocycles. The highest BCUT2D eigenvalue weighted by atomic mass is 19.1. The summed E-state index contributed by atoms with van der Waals surface area (Å²) in [6.45, 7) is 6.81. The first-order chi connectivity index (χ1) is 13.7. The molecule has 2 amide bonds. The fourth-order valence-corrected chi connectivity index (χ4v) is 3.06. The summed E-state index contributed by atoms with van der Waals surface area (Å²) in [5, 5.41) is 11.2. The van der Waals surface area contributed by atoms with E-state index in [9.17, 15) is 23.5 Å². The van der Waals surface area contributed by atoms with Crippen LogP contribution in [0.2, 0.25) is 0 Å². The van der Waals surface area contributed by atoms with Gasteiger partial charge in [-0.2, -0.15) is 0 Å². The number of rotatable bonds is 7. The molecule has 3 N–H and O–H groups in total. The Hall–Kier alpha value is -2.84. The first-order valence-electron chi connectivity index (χ1n) is 9.32. The van der Waals surface area contributed by atoms with E-state index >= 15 is 0 Å². The van der Waals surface area contributed by atoms with Crippen molar-refractivity contribution in [3.63, 3.8) is 0 Å². The van der Waals surface area contributed by atoms with Crippen molar-refractivity contribution in [2.75, 3.05) is 13.1 Å². The maximum absolute atomic E-state index is 13.3. The molecule has 1 unspecified atom stereocenters. The first kappa shape index (κ1) is 22.4. The van der Waals surface area contributed by atoms with E-state index in [4.69, 9.17) is 0 Å². The molecule has 0 fully saturated rings. The second kappa shape index (κ2) is 9.58. The van der Waals surface area contributed by atoms with Crippen LogP contribution in [0.25, 0.3) is 0 Å². The summed E-state index contributed by atoms with van der Waals surface area (Å²) in [6.07, 6.45) is 0. The number of hydrogen-bond donors (Lipinski definition) is 3. The van der Waals surface area contributed by atoms with Crippen molar-refractivity contribution in [2.45, 2.75) is 32.4 Å². The number of benzene rings is 2. The number of amides is 2. The Morgan fingerprint density at radius 2 is 1.34 bits per heavy atom. The number of likely N-dealkylation sites (N-methyl/N-ethyl adjacent to an activating group) is 1. The van der Waals surface area contributed by atoms with Gasteiger partial charge in [0, 0.05) is 0 Å². The normalized spacial score (nSPS) is 12.5. The number of aliphatic hydroxyl groups is 1. The van der Waals surface area contributed by atoms with Crippen molar-refractivity contribution in [3.8, 4) is 0 Å². The van der Waals surface area contributed by atoms with Crippen LogP contribution in [0.1, 0.15) is 31.9 Å². The summed E-state index contributed by atoms with van der Waals surface area (Å²) in [5.41, 5.74) is 2.40. The minimum Gasteiger partial charge on any atom is -0.372 e. The summed E-state index contributed by atoms with van der Waals surface area (Å²) >= 11 is 0. The summed E-state index contributed by atoms with van der Waals surface area (Å²) < 4.78 is 26.6. The van der Waals surface area contributed by atoms with Crippen LogP contribution in [0.3, 0.4) is 0 Å². The summed E-state index contributed by atoms with van der Waals surface area (Å²) in [6, 6.07) is 8.87. The number of halogens is 2. The quantitative estimate of drug-likeness (QED) is 0.616. The van der Waals surface area contributed by atoms with Crippen LogP contribution in [0.4, 0.5) is 8.78 Å². The van der Waals surface area contributed by atoms with Crippen LogP contribution < -0.4 is 10.9 Å². The number of carbonyl (C=O) groups excluding carboxylic acids is 2. The predicted octanol–water partition coefficient (Wildman–Crippen LogP) is 2.08. The molecule has 0 aliphatic rings. The minimum atomic E-state index is -2.27. The maximum Gasteiger partial charge on any atom is 0.279 e. The summed E-state index contributed by atoms with van der Waals surface area (Å²) in [5.74, 6) is -2.51. The lowest BCUT2D eigenvalue weighted by Gasteiger charge is -2.29. The van der Waals surface area contributed by atoms with Crippen LogP contribution >= 0.6 is 0 Å². The van der Waals surface area contributed by atoms with E-state index in [0.717, 1.165) is 24.3 Å². The summed E-state index contributed by atoms with van der Waals surface area (Å²) in [7, 11) is 0. The van der Waals surface area contributed by atoms with E-state index in [-0.39, 0.29) is 11.1 Å². The lowest BCUT2D eigenvalue weighted by Crippen LogP contribution is -2.56. The average Bonchev–Trinajstić information content (AvgIpc) is 2.72. The highest BCUT2D eigenvalue weighted by Gasteiger charge is 2.40. The van der Waals surface area contributed by atoms with E-state index in [0.29, 0.717) is 13.1 Å². The van der Waals surface area contributed by atoms with Gasteiger partial charge in [0.2, 0.25) is 0 Å². The molecule has 2 aromatic rings. The van der Waals surface area contributed by atoms with Crippen molar-refractivity contribution < 1.29 is 23.5 Å². The highest BCUT2D eigenvalue weighted by Crippen LogP contribution is 2.30. The molecule has 8 heteroatoms. The second-order valence-electron chi connectivity index (χ2n) is 6.56. The SMILES string of the molecule is CCN(CC)C(C)C(=O)NNC(=O)C(O)(c1ccc(F)cc1)c1ccc(F)cc1. The maximum atomic E-state index is 13.3. The van der Waals surface area contributed by atoms with Crippen molar-refractivity contribution in [2.24, 2.45) is 0 Å². The van der Waals surface area contributed by atoms with E-state index < -0.39 is 35.1 Å². The molecule has 0 saturated heterocycles. The molecule has 6 nitrogen and oxygen atoms in total. The van der Waals surface area contributed by atoms with Crippen molar-refractivity contribution in [1.82, 2.24) is 15.8 Å². The van der Waals surface area contributed by atoms with Gasteiger partial charge in [-0.05, 0) is 55.4 Å². The molecular formula is C21H25F2N3O3. The zero-order valence-corrected chi connectivity index (χ0v) is 16.6. The van der Waals surface area contributed by atoms with Crippen LogP contribution in [0.5, 0.6) is 0 Å². The van der Waals surface area contributed by atoms with Gasteiger partial charge in [-0.1, -0.05) is 38.1 Å². The Kier molecular flexibility index (Phi) is 7.41. The summed E-state index contributed by atoms with van der Waals surface area (Å²) in [4.78, 5) is 27.1. The molecule has 0 aliphatic carbocycles. The monoisotopic (exact) mass is 405 g/mol. The number of nitrogens with one attached hydrogen (secondary N) is 2. The molecule has 29 heavy (non-hydrogen) atoms. The van der Waals surface area contributed by atoms with Crippen molar-refractivity contribution >= 4 is 11.8 Å². The van der Waals surface area contributed by atoms with E-state index in [2.05, 4.69) is 10.9 Å². The lowest BCUT2D eigenvalue weighted by molar-refractivity contribution is -0.141. The third kappa shape index (κ3) is 4.96. The highest BCUT2D eigenvalue weighted by molar-refractivity contribution is 5.92. The Balaban J connectivity index is 2.29. The number of hydrogen-bond acceptors (Lipinski definition) is 4. The molecule has 0 spiro atoms. The second-order valence-corrected chi connectivity index (χ2v) is 6.56. The van der Waals surface area contributed by atoms with E-state index in [1.165, 1.54) is 24.3 Å². The average molecular weight is 405 g/mol. The molecule has 0 bridgehead atoms. The van der Waals surface area contributed by atoms with Gasteiger partial charge in [0.05, 0.1) is 6.04 Å².